The van der Waals surface area contributed by atoms with E-state index in [-0.39, 0.29) is 11.3 Å². The number of tetrazole rings is 1. The molecule has 0 atom stereocenters. The number of H-pyrrole nitrogens is 1. The number of piperazine rings is 3. The molecule has 99 heavy (non-hydrogen) atoms. The minimum atomic E-state index is -3.54. The van der Waals surface area contributed by atoms with E-state index in [2.05, 4.69) is 54.7 Å². The number of methoxy groups -OCH3 is 3. The van der Waals surface area contributed by atoms with Crippen molar-refractivity contribution in [3.63, 3.8) is 0 Å². The van der Waals surface area contributed by atoms with E-state index in [0.29, 0.717) is 6.42 Å². The van der Waals surface area contributed by atoms with Crippen molar-refractivity contribution in [1.29, 1.82) is 0 Å². The van der Waals surface area contributed by atoms with Gasteiger partial charge in [0.05, 0.1) is 55.1 Å². The van der Waals surface area contributed by atoms with Crippen molar-refractivity contribution >= 4 is 56.5 Å². The third-order valence-corrected chi connectivity index (χ3v) is 21.1. The number of hydrogen-bond acceptors (Lipinski definition) is 22. The molecule has 0 unspecified atom stereocenters. The molecule has 6 fully saturated rings. The van der Waals surface area contributed by atoms with Crippen molar-refractivity contribution in [1.82, 2.24) is 54.7 Å². The Morgan fingerprint density at radius 2 is 0.859 bits per heavy atom. The molecule has 3 saturated carbocycles. The van der Waals surface area contributed by atoms with Crippen molar-refractivity contribution in [2.24, 2.45) is 25.8 Å². The number of hydrogen-bond donors (Lipinski definition) is 3. The molecule has 9 aliphatic rings. The zero-order chi connectivity index (χ0) is 68.3. The third-order valence-electron chi connectivity index (χ3n) is 20.5. The molecular formula is C73H84N14O11S. The summed E-state index contributed by atoms with van der Waals surface area (Å²) in [4.78, 5) is 53.1. The summed E-state index contributed by atoms with van der Waals surface area (Å²) in [5.74, 6) is 9.41. The second-order valence-corrected chi connectivity index (χ2v) is 28.7. The van der Waals surface area contributed by atoms with Crippen LogP contribution in [-0.2, 0) is 25.0 Å². The molecule has 6 aliphatic heterocycles. The number of aliphatic imine (C=N–C) groups is 3. The van der Waals surface area contributed by atoms with Crippen LogP contribution < -0.4 is 33.1 Å². The number of aliphatic carboxylic acids is 1. The van der Waals surface area contributed by atoms with Gasteiger partial charge in [-0.3, -0.25) is 29.0 Å². The number of ether oxygens (including phenoxy) is 6. The molecular weight excluding hydrogens is 1280 g/mol. The van der Waals surface area contributed by atoms with Gasteiger partial charge in [0.2, 0.25) is 15.9 Å². The largest absolute Gasteiger partial charge is 0.497 e. The molecule has 1 aromatic heterocycles. The van der Waals surface area contributed by atoms with Crippen LogP contribution in [0.5, 0.6) is 51.7 Å². The molecule has 26 heteroatoms. The van der Waals surface area contributed by atoms with Crippen LogP contribution in [0.15, 0.2) is 142 Å². The van der Waals surface area contributed by atoms with Gasteiger partial charge >= 0.3 is 5.97 Å². The lowest BCUT2D eigenvalue weighted by molar-refractivity contribution is -0.143. The number of benzene rings is 6. The maximum Gasteiger partial charge on any atom is 0.309 e. The minimum Gasteiger partial charge on any atom is -0.497 e. The maximum absolute atomic E-state index is 12.4. The Morgan fingerprint density at radius 3 is 1.18 bits per heavy atom. The molecule has 25 nitrogen and oxygen atoms in total. The van der Waals surface area contributed by atoms with E-state index >= 15 is 0 Å². The normalized spacial score (nSPS) is 19.1. The molecule has 0 radical (unpaired) electrons. The fraction of sp³-hybridized carbons (Fsp3) is 0.425. The summed E-state index contributed by atoms with van der Waals surface area (Å²) in [5.41, 5.74) is 4.36. The van der Waals surface area contributed by atoms with Gasteiger partial charge in [-0.1, -0.05) is 41.6 Å². The number of amidine groups is 3. The number of fused-ring (bicyclic) bond motifs is 6. The molecule has 7 aromatic rings. The van der Waals surface area contributed by atoms with Crippen molar-refractivity contribution in [2.45, 2.75) is 63.2 Å². The van der Waals surface area contributed by atoms with Gasteiger partial charge in [0.15, 0.2) is 23.1 Å². The molecule has 0 spiro atoms. The summed E-state index contributed by atoms with van der Waals surface area (Å²) < 4.78 is 60.1. The van der Waals surface area contributed by atoms with Crippen molar-refractivity contribution < 1.29 is 51.5 Å². The van der Waals surface area contributed by atoms with Crippen LogP contribution in [0.2, 0.25) is 0 Å². The van der Waals surface area contributed by atoms with E-state index < -0.39 is 26.8 Å². The Morgan fingerprint density at radius 1 is 0.495 bits per heavy atom. The first kappa shape index (κ1) is 66.6. The molecule has 6 aromatic carbocycles. The van der Waals surface area contributed by atoms with Crippen LogP contribution in [0.3, 0.4) is 0 Å². The van der Waals surface area contributed by atoms with Crippen LogP contribution in [0.1, 0.15) is 80.3 Å². The lowest BCUT2D eigenvalue weighted by atomic mass is 10.0. The fourth-order valence-corrected chi connectivity index (χ4v) is 14.3. The number of carbonyl (C=O) groups is 2. The van der Waals surface area contributed by atoms with Gasteiger partial charge in [-0.05, 0) is 168 Å². The van der Waals surface area contributed by atoms with Crippen LogP contribution in [0, 0.1) is 10.8 Å². The number of sulfonamides is 1. The van der Waals surface area contributed by atoms with Gasteiger partial charge in [-0.25, -0.2) is 23.4 Å². The number of carbonyl (C=O) groups excluding carboxylic acids is 1. The predicted octanol–water partition coefficient (Wildman–Crippen LogP) is 9.63. The summed E-state index contributed by atoms with van der Waals surface area (Å²) in [6, 6.07) is 41.0. The molecule has 7 heterocycles. The van der Waals surface area contributed by atoms with E-state index in [1.165, 1.54) is 0 Å². The first-order chi connectivity index (χ1) is 48.1. The van der Waals surface area contributed by atoms with E-state index in [0.717, 1.165) is 265 Å². The summed E-state index contributed by atoms with van der Waals surface area (Å²) in [6.07, 6.45) is 8.92. The van der Waals surface area contributed by atoms with E-state index in [9.17, 15) is 23.1 Å². The number of carboxylic acids is 1. The highest BCUT2D eigenvalue weighted by molar-refractivity contribution is 7.89. The lowest BCUT2D eigenvalue weighted by Gasteiger charge is -2.37. The first-order valence-corrected chi connectivity index (χ1v) is 36.0. The summed E-state index contributed by atoms with van der Waals surface area (Å²) in [7, 11) is 1.46. The average Bonchev–Trinajstić information content (AvgIpc) is 1.67. The van der Waals surface area contributed by atoms with E-state index in [4.69, 9.17) is 43.4 Å². The zero-order valence-corrected chi connectivity index (χ0v) is 57.2. The van der Waals surface area contributed by atoms with Crippen LogP contribution in [0.25, 0.3) is 0 Å². The molecule has 518 valence electrons. The standard InChI is InChI=1S/C25H30N4O5S.C24H27N7O2.C24H27N3O4/c1-33-18-7-8-21-19(17-18)23(26-20-5-3-4-6-22(20)34-21)29-15-13-28(14-16-29)12-11-25(9-10-25)24(30)27-35(2,31)32;1-32-17-6-7-20-18(16-17)22(25-19-4-2-3-5-21(19)33-20)31-14-12-30(13-15-31)11-10-24(8-9-24)23-26-28-29-27-23;1-30-17-6-7-20-18(16-17)22(25-19-4-2-3-5-21(19)31-20)27-14-12-26(13-15-27)11-10-24(8-9-24)23(28)29/h3-8,17H,9-16H2,1-2H3,(H,27,30);2-7,16H,8-15H2,1H3,(H,26,27,28,29);2-7,16H,8-15H2,1H3,(H,28,29). The quantitative estimate of drug-likeness (QED) is 0.0812. The van der Waals surface area contributed by atoms with E-state index in [1.807, 2.05) is 127 Å². The number of carboxylic acid groups (broad SMARTS) is 1. The smallest absolute Gasteiger partial charge is 0.309 e. The molecule has 1 amide bonds. The highest BCUT2D eigenvalue weighted by Crippen LogP contribution is 2.52. The molecule has 0 bridgehead atoms. The average molecular weight is 1370 g/mol. The van der Waals surface area contributed by atoms with Gasteiger partial charge in [0.1, 0.15) is 69.1 Å². The number of aromatic nitrogens is 4. The Labute approximate surface area is 576 Å². The predicted molar refractivity (Wildman–Crippen MR) is 374 cm³/mol. The fourth-order valence-electron chi connectivity index (χ4n) is 13.7. The van der Waals surface area contributed by atoms with Gasteiger partial charge < -0.3 is 48.2 Å². The van der Waals surface area contributed by atoms with Crippen LogP contribution in [-0.4, -0.2) is 219 Å². The number of para-hydroxylation sites is 6. The third kappa shape index (κ3) is 15.0. The second kappa shape index (κ2) is 28.3. The summed E-state index contributed by atoms with van der Waals surface area (Å²) in [5, 5.41) is 24.3. The lowest BCUT2D eigenvalue weighted by Crippen LogP contribution is -2.49. The summed E-state index contributed by atoms with van der Waals surface area (Å²) >= 11 is 0. The number of amides is 1. The number of nitrogens with zero attached hydrogens (tertiary/aromatic N) is 12. The van der Waals surface area contributed by atoms with Crippen molar-refractivity contribution in [3.05, 3.63) is 150 Å². The van der Waals surface area contributed by atoms with Crippen LogP contribution in [0.4, 0.5) is 17.1 Å². The summed E-state index contributed by atoms with van der Waals surface area (Å²) in [6.45, 7) is 13.1. The van der Waals surface area contributed by atoms with Crippen LogP contribution >= 0.6 is 0 Å². The van der Waals surface area contributed by atoms with Gasteiger partial charge in [-0.15, -0.1) is 10.2 Å². The highest BCUT2D eigenvalue weighted by atomic mass is 32.2. The zero-order valence-electron chi connectivity index (χ0n) is 56.4. The number of nitrogens with one attached hydrogen (secondary N) is 2. The van der Waals surface area contributed by atoms with E-state index in [1.54, 1.807) is 21.3 Å². The topological polar surface area (TPSA) is 267 Å². The molecule has 16 rings (SSSR count). The maximum atomic E-state index is 12.4. The Hall–Kier alpha value is -9.63. The highest BCUT2D eigenvalue weighted by Gasteiger charge is 2.51. The van der Waals surface area contributed by atoms with Crippen molar-refractivity contribution in [3.8, 4) is 51.7 Å². The first-order valence-electron chi connectivity index (χ1n) is 34.1. The monoisotopic (exact) mass is 1360 g/mol. The Bertz CT molecular complexity index is 4320. The molecule has 3 N–H and O–H groups in total. The second-order valence-electron chi connectivity index (χ2n) is 26.9. The SMILES string of the molecule is COc1ccc2c(c1)C(N1CCN(CCC3(C(=O)NS(C)(=O)=O)CC3)CC1)=Nc1ccccc1O2.COc1ccc2c(c1)C(N1CCN(CCC3(C(=O)O)CC3)CC1)=Nc1ccccc1O2.COc1ccc2c(c1)C(N1CCN(CCC3(c4nn[nH]n4)CC3)CC1)=Nc1ccccc1O2. The van der Waals surface area contributed by atoms with Crippen molar-refractivity contribution in [2.75, 3.05) is 126 Å². The Balaban J connectivity index is 0.000000127. The molecule has 3 saturated heterocycles. The minimum absolute atomic E-state index is 0.131. The van der Waals surface area contributed by atoms with Gasteiger partial charge in [-0.2, -0.15) is 5.21 Å². The van der Waals surface area contributed by atoms with Gasteiger partial charge in [0.25, 0.3) is 0 Å². The number of aromatic amines is 1. The Kier molecular flexibility index (Phi) is 19.0. The number of rotatable bonds is 16. The van der Waals surface area contributed by atoms with Gasteiger partial charge in [0, 0.05) is 84.0 Å². The molecule has 3 aliphatic carbocycles.